The smallest absolute Gasteiger partial charge is 0.337 e. The van der Waals surface area contributed by atoms with Gasteiger partial charge in [0.1, 0.15) is 0 Å². The Morgan fingerprint density at radius 3 is 2.79 bits per heavy atom. The third-order valence-corrected chi connectivity index (χ3v) is 2.26. The van der Waals surface area contributed by atoms with E-state index in [4.69, 9.17) is 0 Å². The molecule has 0 unspecified atom stereocenters. The van der Waals surface area contributed by atoms with E-state index in [1.165, 1.54) is 18.2 Å². The Kier molecular flexibility index (Phi) is 3.49. The molecule has 0 aromatic heterocycles. The molecule has 0 radical (unpaired) electrons. The lowest BCUT2D eigenvalue weighted by molar-refractivity contribution is 0.0600. The molecular weight excluding hydrogens is 202 g/mol. The molecule has 0 atom stereocenters. The SMILES string of the molecule is COC(=O)c1ccc2c(c1)CNC2.Cl. The molecule has 1 heterocycles. The number of hydrogen-bond donors (Lipinski definition) is 1. The normalized spacial score (nSPS) is 12.9. The maximum Gasteiger partial charge on any atom is 0.337 e. The van der Waals surface area contributed by atoms with Crippen LogP contribution in [-0.2, 0) is 17.8 Å². The molecule has 0 spiro atoms. The highest BCUT2D eigenvalue weighted by atomic mass is 35.5. The first-order valence-corrected chi connectivity index (χ1v) is 4.22. The van der Waals surface area contributed by atoms with Crippen molar-refractivity contribution in [3.05, 3.63) is 34.9 Å². The van der Waals surface area contributed by atoms with Gasteiger partial charge in [0.2, 0.25) is 0 Å². The number of methoxy groups -OCH3 is 1. The molecule has 0 bridgehead atoms. The van der Waals surface area contributed by atoms with Gasteiger partial charge in [0.15, 0.2) is 0 Å². The average molecular weight is 214 g/mol. The van der Waals surface area contributed by atoms with Crippen LogP contribution in [0.4, 0.5) is 0 Å². The van der Waals surface area contributed by atoms with E-state index in [9.17, 15) is 4.79 Å². The van der Waals surface area contributed by atoms with E-state index in [0.29, 0.717) is 5.56 Å². The van der Waals surface area contributed by atoms with Crippen LogP contribution in [0.2, 0.25) is 0 Å². The van der Waals surface area contributed by atoms with E-state index in [1.807, 2.05) is 12.1 Å². The molecule has 0 aliphatic carbocycles. The first-order valence-electron chi connectivity index (χ1n) is 4.22. The average Bonchev–Trinajstić information content (AvgIpc) is 2.63. The molecule has 0 saturated carbocycles. The number of nitrogens with one attached hydrogen (secondary N) is 1. The van der Waals surface area contributed by atoms with Crippen LogP contribution in [0.3, 0.4) is 0 Å². The predicted molar refractivity (Wildman–Crippen MR) is 55.6 cm³/mol. The van der Waals surface area contributed by atoms with Crippen molar-refractivity contribution < 1.29 is 9.53 Å². The fourth-order valence-electron chi connectivity index (χ4n) is 1.54. The van der Waals surface area contributed by atoms with Gasteiger partial charge in [-0.1, -0.05) is 6.07 Å². The van der Waals surface area contributed by atoms with Crippen LogP contribution >= 0.6 is 12.4 Å². The van der Waals surface area contributed by atoms with Crippen LogP contribution < -0.4 is 5.32 Å². The summed E-state index contributed by atoms with van der Waals surface area (Å²) in [5.41, 5.74) is 3.10. The predicted octanol–water partition coefficient (Wildman–Crippen LogP) is 1.50. The Hall–Kier alpha value is -1.06. The number of carbonyl (C=O) groups excluding carboxylic acids is 1. The van der Waals surface area contributed by atoms with Crippen molar-refractivity contribution in [3.8, 4) is 0 Å². The number of fused-ring (bicyclic) bond motifs is 1. The van der Waals surface area contributed by atoms with Crippen molar-refractivity contribution in [2.24, 2.45) is 0 Å². The minimum Gasteiger partial charge on any atom is -0.465 e. The summed E-state index contributed by atoms with van der Waals surface area (Å²) in [6.07, 6.45) is 0. The number of halogens is 1. The molecule has 1 N–H and O–H groups in total. The van der Waals surface area contributed by atoms with Gasteiger partial charge in [-0.15, -0.1) is 12.4 Å². The van der Waals surface area contributed by atoms with Gasteiger partial charge in [-0.25, -0.2) is 4.79 Å². The lowest BCUT2D eigenvalue weighted by Gasteiger charge is -2.01. The Labute approximate surface area is 88.9 Å². The largest absolute Gasteiger partial charge is 0.465 e. The van der Waals surface area contributed by atoms with Gasteiger partial charge in [0.25, 0.3) is 0 Å². The summed E-state index contributed by atoms with van der Waals surface area (Å²) in [7, 11) is 1.40. The molecule has 4 heteroatoms. The Bertz CT molecular complexity index is 352. The fourth-order valence-corrected chi connectivity index (χ4v) is 1.54. The standard InChI is InChI=1S/C10H11NO2.ClH/c1-13-10(12)7-2-3-8-5-11-6-9(8)4-7;/h2-4,11H,5-6H2,1H3;1H. The van der Waals surface area contributed by atoms with Gasteiger partial charge in [-0.3, -0.25) is 0 Å². The minimum atomic E-state index is -0.269. The molecule has 2 rings (SSSR count). The van der Waals surface area contributed by atoms with Crippen LogP contribution in [0.1, 0.15) is 21.5 Å². The first-order chi connectivity index (χ1) is 6.31. The number of ether oxygens (including phenoxy) is 1. The lowest BCUT2D eigenvalue weighted by atomic mass is 10.1. The van der Waals surface area contributed by atoms with Gasteiger partial charge >= 0.3 is 5.97 Å². The van der Waals surface area contributed by atoms with E-state index in [1.54, 1.807) is 6.07 Å². The quantitative estimate of drug-likeness (QED) is 0.719. The third-order valence-electron chi connectivity index (χ3n) is 2.26. The zero-order valence-electron chi connectivity index (χ0n) is 7.87. The van der Waals surface area contributed by atoms with E-state index in [2.05, 4.69) is 10.1 Å². The number of benzene rings is 1. The fraction of sp³-hybridized carbons (Fsp3) is 0.300. The van der Waals surface area contributed by atoms with Crippen LogP contribution in [0.15, 0.2) is 18.2 Å². The van der Waals surface area contributed by atoms with Crippen molar-refractivity contribution >= 4 is 18.4 Å². The number of hydrogen-bond acceptors (Lipinski definition) is 3. The molecule has 0 amide bonds. The summed E-state index contributed by atoms with van der Waals surface area (Å²) in [6, 6.07) is 5.67. The third kappa shape index (κ3) is 1.89. The molecule has 1 aromatic rings. The summed E-state index contributed by atoms with van der Waals surface area (Å²) in [5, 5.41) is 3.22. The Morgan fingerprint density at radius 1 is 1.36 bits per heavy atom. The molecule has 3 nitrogen and oxygen atoms in total. The van der Waals surface area contributed by atoms with Crippen molar-refractivity contribution in [3.63, 3.8) is 0 Å². The zero-order valence-corrected chi connectivity index (χ0v) is 8.69. The molecule has 1 aliphatic rings. The number of rotatable bonds is 1. The maximum atomic E-state index is 11.2. The van der Waals surface area contributed by atoms with E-state index in [-0.39, 0.29) is 18.4 Å². The summed E-state index contributed by atoms with van der Waals surface area (Å²) >= 11 is 0. The highest BCUT2D eigenvalue weighted by Gasteiger charge is 2.13. The molecule has 14 heavy (non-hydrogen) atoms. The Morgan fingerprint density at radius 2 is 2.07 bits per heavy atom. The lowest BCUT2D eigenvalue weighted by Crippen LogP contribution is -2.02. The summed E-state index contributed by atoms with van der Waals surface area (Å²) in [5.74, 6) is -0.269. The molecule has 76 valence electrons. The van der Waals surface area contributed by atoms with Gasteiger partial charge in [0.05, 0.1) is 12.7 Å². The first kappa shape index (κ1) is 11.0. The van der Waals surface area contributed by atoms with Gasteiger partial charge in [-0.2, -0.15) is 0 Å². The van der Waals surface area contributed by atoms with Crippen LogP contribution in [0.25, 0.3) is 0 Å². The van der Waals surface area contributed by atoms with Crippen molar-refractivity contribution in [2.45, 2.75) is 13.1 Å². The summed E-state index contributed by atoms with van der Waals surface area (Å²) < 4.78 is 4.64. The molecular formula is C10H12ClNO2. The highest BCUT2D eigenvalue weighted by molar-refractivity contribution is 5.89. The summed E-state index contributed by atoms with van der Waals surface area (Å²) in [4.78, 5) is 11.2. The number of carbonyl (C=O) groups is 1. The molecule has 0 fully saturated rings. The van der Waals surface area contributed by atoms with E-state index >= 15 is 0 Å². The van der Waals surface area contributed by atoms with Crippen molar-refractivity contribution in [2.75, 3.05) is 7.11 Å². The van der Waals surface area contributed by atoms with Crippen molar-refractivity contribution in [1.82, 2.24) is 5.32 Å². The Balaban J connectivity index is 0.000000980. The highest BCUT2D eigenvalue weighted by Crippen LogP contribution is 2.17. The second-order valence-electron chi connectivity index (χ2n) is 3.08. The topological polar surface area (TPSA) is 38.3 Å². The minimum absolute atomic E-state index is 0. The summed E-state index contributed by atoms with van der Waals surface area (Å²) in [6.45, 7) is 1.75. The zero-order chi connectivity index (χ0) is 9.26. The number of esters is 1. The van der Waals surface area contributed by atoms with Crippen molar-refractivity contribution in [1.29, 1.82) is 0 Å². The van der Waals surface area contributed by atoms with Crippen LogP contribution in [-0.4, -0.2) is 13.1 Å². The second kappa shape index (κ2) is 4.44. The second-order valence-corrected chi connectivity index (χ2v) is 3.08. The monoisotopic (exact) mass is 213 g/mol. The molecule has 1 aromatic carbocycles. The molecule has 1 aliphatic heterocycles. The molecule has 0 saturated heterocycles. The van der Waals surface area contributed by atoms with Gasteiger partial charge in [-0.05, 0) is 23.3 Å². The van der Waals surface area contributed by atoms with E-state index < -0.39 is 0 Å². The maximum absolute atomic E-state index is 11.2. The van der Waals surface area contributed by atoms with Gasteiger partial charge < -0.3 is 10.1 Å². The van der Waals surface area contributed by atoms with E-state index in [0.717, 1.165) is 13.1 Å². The van der Waals surface area contributed by atoms with Crippen LogP contribution in [0.5, 0.6) is 0 Å². The van der Waals surface area contributed by atoms with Gasteiger partial charge in [0, 0.05) is 13.1 Å². The van der Waals surface area contributed by atoms with Crippen LogP contribution in [0, 0.1) is 0 Å².